The zero-order valence-corrected chi connectivity index (χ0v) is 9.26. The number of hydrogen-bond acceptors (Lipinski definition) is 5. The lowest BCUT2D eigenvalue weighted by molar-refractivity contribution is -0.402. The van der Waals surface area contributed by atoms with Crippen molar-refractivity contribution in [3.8, 4) is 0 Å². The van der Waals surface area contributed by atoms with Crippen LogP contribution in [0.15, 0.2) is 59.6 Å². The van der Waals surface area contributed by atoms with Crippen molar-refractivity contribution in [3.05, 3.63) is 65.3 Å². The third-order valence-electron chi connectivity index (χ3n) is 2.10. The van der Waals surface area contributed by atoms with E-state index in [1.165, 1.54) is 18.4 Å². The van der Waals surface area contributed by atoms with Crippen molar-refractivity contribution >= 4 is 16.8 Å². The second kappa shape index (κ2) is 5.53. The highest BCUT2D eigenvalue weighted by Gasteiger charge is 2.04. The average Bonchev–Trinajstić information content (AvgIpc) is 2.94. The number of rotatable bonds is 1. The van der Waals surface area contributed by atoms with Crippen LogP contribution in [0.5, 0.6) is 0 Å². The summed E-state index contributed by atoms with van der Waals surface area (Å²) in [6, 6.07) is 10.7. The molecule has 3 rings (SSSR count). The molecule has 0 aliphatic heterocycles. The van der Waals surface area contributed by atoms with Gasteiger partial charge >= 0.3 is 5.88 Å². The van der Waals surface area contributed by atoms with Gasteiger partial charge in [-0.3, -0.25) is 10.1 Å². The first kappa shape index (κ1) is 11.7. The van der Waals surface area contributed by atoms with Crippen molar-refractivity contribution in [3.63, 3.8) is 0 Å². The second-order valence-corrected chi connectivity index (χ2v) is 3.29. The molecule has 0 aliphatic rings. The van der Waals surface area contributed by atoms with Crippen molar-refractivity contribution in [2.45, 2.75) is 0 Å². The van der Waals surface area contributed by atoms with Gasteiger partial charge in [-0.05, 0) is 12.1 Å². The molecule has 0 fully saturated rings. The Morgan fingerprint density at radius 2 is 2.00 bits per heavy atom. The molecular weight excluding hydrogens is 234 g/mol. The van der Waals surface area contributed by atoms with Crippen molar-refractivity contribution in [1.82, 2.24) is 9.97 Å². The maximum absolute atomic E-state index is 9.77. The van der Waals surface area contributed by atoms with E-state index in [-0.39, 0.29) is 5.88 Å². The van der Waals surface area contributed by atoms with Crippen LogP contribution < -0.4 is 0 Å². The normalized spacial score (nSPS) is 9.56. The van der Waals surface area contributed by atoms with Crippen molar-refractivity contribution in [2.24, 2.45) is 0 Å². The largest absolute Gasteiger partial charge is 0.432 e. The van der Waals surface area contributed by atoms with E-state index in [0.29, 0.717) is 0 Å². The molecule has 2 aromatic heterocycles. The van der Waals surface area contributed by atoms with Gasteiger partial charge in [0.05, 0.1) is 17.8 Å². The minimum Gasteiger partial charge on any atom is -0.409 e. The fourth-order valence-electron chi connectivity index (χ4n) is 1.30. The van der Waals surface area contributed by atoms with E-state index in [1.54, 1.807) is 6.33 Å². The molecule has 6 nitrogen and oxygen atoms in total. The predicted molar refractivity (Wildman–Crippen MR) is 64.9 cm³/mol. The quantitative estimate of drug-likeness (QED) is 0.484. The van der Waals surface area contributed by atoms with E-state index in [4.69, 9.17) is 0 Å². The van der Waals surface area contributed by atoms with Gasteiger partial charge in [-0.2, -0.15) is 0 Å². The van der Waals surface area contributed by atoms with Crippen molar-refractivity contribution in [1.29, 1.82) is 0 Å². The summed E-state index contributed by atoms with van der Waals surface area (Å²) in [6.45, 7) is 0. The molecule has 0 aliphatic carbocycles. The fourth-order valence-corrected chi connectivity index (χ4v) is 1.30. The summed E-state index contributed by atoms with van der Waals surface area (Å²) in [6.07, 6.45) is 4.63. The number of fused-ring (bicyclic) bond motifs is 1. The summed E-state index contributed by atoms with van der Waals surface area (Å²) < 4.78 is 4.40. The molecule has 0 saturated heterocycles. The number of nitrogens with zero attached hydrogens (tertiary/aromatic N) is 3. The van der Waals surface area contributed by atoms with E-state index in [0.717, 1.165) is 10.9 Å². The Kier molecular flexibility index (Phi) is 3.60. The molecule has 0 saturated carbocycles. The van der Waals surface area contributed by atoms with Crippen molar-refractivity contribution in [2.75, 3.05) is 0 Å². The average molecular weight is 243 g/mol. The highest BCUT2D eigenvalue weighted by molar-refractivity contribution is 5.76. The maximum Gasteiger partial charge on any atom is 0.432 e. The van der Waals surface area contributed by atoms with E-state index in [1.807, 2.05) is 30.5 Å². The number of para-hydroxylation sites is 1. The van der Waals surface area contributed by atoms with E-state index < -0.39 is 4.92 Å². The standard InChI is InChI=1S/C8H6N2.C4H3NO3/c1-2-4-8-7(3-1)5-9-6-10-8;6-5(7)4-2-1-3-8-4/h1-6H;1-3H. The Hall–Kier alpha value is -2.76. The van der Waals surface area contributed by atoms with Gasteiger partial charge in [0.25, 0.3) is 0 Å². The molecular formula is C12H9N3O3. The van der Waals surface area contributed by atoms with Gasteiger partial charge < -0.3 is 4.42 Å². The molecule has 6 heteroatoms. The minimum absolute atomic E-state index is 0.218. The molecule has 0 spiro atoms. The van der Waals surface area contributed by atoms with Crippen LogP contribution in [0, 0.1) is 10.1 Å². The maximum atomic E-state index is 9.77. The number of nitro groups is 1. The van der Waals surface area contributed by atoms with Gasteiger partial charge in [0.15, 0.2) is 0 Å². The first-order valence-corrected chi connectivity index (χ1v) is 5.10. The number of benzene rings is 1. The molecule has 0 N–H and O–H groups in total. The molecule has 90 valence electrons. The van der Waals surface area contributed by atoms with Gasteiger partial charge in [0, 0.05) is 11.6 Å². The van der Waals surface area contributed by atoms with Gasteiger partial charge in [-0.25, -0.2) is 9.97 Å². The van der Waals surface area contributed by atoms with Crippen LogP contribution in [0.1, 0.15) is 0 Å². The second-order valence-electron chi connectivity index (χ2n) is 3.29. The number of hydrogen-bond donors (Lipinski definition) is 0. The van der Waals surface area contributed by atoms with Crippen LogP contribution in [0.4, 0.5) is 5.88 Å². The molecule has 0 atom stereocenters. The molecule has 0 unspecified atom stereocenters. The van der Waals surface area contributed by atoms with Crippen LogP contribution in [0.2, 0.25) is 0 Å². The topological polar surface area (TPSA) is 82.1 Å². The highest BCUT2D eigenvalue weighted by atomic mass is 16.6. The summed E-state index contributed by atoms with van der Waals surface area (Å²) in [5.41, 5.74) is 0.998. The lowest BCUT2D eigenvalue weighted by Crippen LogP contribution is -1.81. The smallest absolute Gasteiger partial charge is 0.409 e. The van der Waals surface area contributed by atoms with Crippen LogP contribution in [-0.4, -0.2) is 14.9 Å². The molecule has 3 aromatic rings. The van der Waals surface area contributed by atoms with Crippen LogP contribution in [-0.2, 0) is 0 Å². The summed E-state index contributed by atoms with van der Waals surface area (Å²) in [5, 5.41) is 10.9. The van der Waals surface area contributed by atoms with E-state index in [2.05, 4.69) is 14.4 Å². The first-order valence-electron chi connectivity index (χ1n) is 5.10. The lowest BCUT2D eigenvalue weighted by Gasteiger charge is -1.90. The molecule has 0 bridgehead atoms. The predicted octanol–water partition coefficient (Wildman–Crippen LogP) is 2.82. The Labute approximate surface area is 102 Å². The van der Waals surface area contributed by atoms with Crippen LogP contribution in [0.25, 0.3) is 10.9 Å². The summed E-state index contributed by atoms with van der Waals surface area (Å²) in [5.74, 6) is -0.218. The first-order chi connectivity index (χ1) is 8.77. The third kappa shape index (κ3) is 2.88. The molecule has 2 heterocycles. The summed E-state index contributed by atoms with van der Waals surface area (Å²) in [4.78, 5) is 17.2. The van der Waals surface area contributed by atoms with E-state index in [9.17, 15) is 10.1 Å². The Balaban J connectivity index is 0.000000138. The molecule has 1 aromatic carbocycles. The fraction of sp³-hybridized carbons (Fsp3) is 0. The summed E-state index contributed by atoms with van der Waals surface area (Å²) in [7, 11) is 0. The Bertz CT molecular complexity index is 572. The SMILES string of the molecule is O=[N+]([O-])c1ccco1.c1ccc2ncncc2c1. The zero-order valence-electron chi connectivity index (χ0n) is 9.26. The third-order valence-corrected chi connectivity index (χ3v) is 2.10. The van der Waals surface area contributed by atoms with Gasteiger partial charge in [-0.1, -0.05) is 18.2 Å². The highest BCUT2D eigenvalue weighted by Crippen LogP contribution is 2.08. The van der Waals surface area contributed by atoms with Gasteiger partial charge in [-0.15, -0.1) is 0 Å². The molecule has 18 heavy (non-hydrogen) atoms. The Morgan fingerprint density at radius 3 is 2.61 bits per heavy atom. The lowest BCUT2D eigenvalue weighted by atomic mass is 10.2. The Morgan fingerprint density at radius 1 is 1.17 bits per heavy atom. The van der Waals surface area contributed by atoms with Gasteiger partial charge in [0.2, 0.25) is 0 Å². The number of aromatic nitrogens is 2. The van der Waals surface area contributed by atoms with Crippen LogP contribution >= 0.6 is 0 Å². The minimum atomic E-state index is -0.583. The van der Waals surface area contributed by atoms with E-state index >= 15 is 0 Å². The molecule has 0 radical (unpaired) electrons. The van der Waals surface area contributed by atoms with Crippen molar-refractivity contribution < 1.29 is 9.34 Å². The van der Waals surface area contributed by atoms with Crippen LogP contribution in [0.3, 0.4) is 0 Å². The monoisotopic (exact) mass is 243 g/mol. The summed E-state index contributed by atoms with van der Waals surface area (Å²) >= 11 is 0. The number of furan rings is 1. The molecule has 0 amide bonds. The zero-order chi connectivity index (χ0) is 12.8. The van der Waals surface area contributed by atoms with Gasteiger partial charge in [0.1, 0.15) is 11.3 Å².